The summed E-state index contributed by atoms with van der Waals surface area (Å²) in [6.45, 7) is 37.4. The molecule has 0 radical (unpaired) electrons. The molecule has 3 aromatic carbocycles. The number of carbonyl (C=O) groups is 3. The molecule has 12 aromatic rings. The number of fused-ring (bicyclic) bond motifs is 15. The van der Waals surface area contributed by atoms with Gasteiger partial charge in [0.1, 0.15) is 35.4 Å². The van der Waals surface area contributed by atoms with E-state index in [0.29, 0.717) is 119 Å². The second-order valence-electron chi connectivity index (χ2n) is 34.5. The first-order valence-corrected chi connectivity index (χ1v) is 43.6. The Morgan fingerprint density at radius 2 is 0.798 bits per heavy atom. The van der Waals surface area contributed by atoms with E-state index in [1.54, 1.807) is 68.2 Å². The quantitative estimate of drug-likeness (QED) is 0.0581. The summed E-state index contributed by atoms with van der Waals surface area (Å²) < 4.78 is 78.5. The van der Waals surface area contributed by atoms with Crippen molar-refractivity contribution in [3.05, 3.63) is 251 Å². The van der Waals surface area contributed by atoms with Crippen LogP contribution in [0.25, 0.3) is 83.9 Å². The lowest BCUT2D eigenvalue weighted by Gasteiger charge is -2.48. The fourth-order valence-electron chi connectivity index (χ4n) is 19.0. The Labute approximate surface area is 751 Å². The van der Waals surface area contributed by atoms with Crippen molar-refractivity contribution in [1.29, 1.82) is 0 Å². The molecular weight excluding hydrogens is 1690 g/mol. The topological polar surface area (TPSA) is 311 Å². The van der Waals surface area contributed by atoms with Crippen LogP contribution in [0.3, 0.4) is 0 Å². The molecule has 3 fully saturated rings. The van der Waals surface area contributed by atoms with Crippen LogP contribution in [0.5, 0.6) is 11.5 Å². The van der Waals surface area contributed by atoms with E-state index in [4.69, 9.17) is 59.8 Å². The number of pyridine rings is 9. The van der Waals surface area contributed by atoms with Gasteiger partial charge in [-0.25, -0.2) is 32.5 Å². The molecule has 26 nitrogen and oxygen atoms in total. The average Bonchev–Trinajstić information content (AvgIpc) is 1.23. The first-order valence-electron chi connectivity index (χ1n) is 42.8. The van der Waals surface area contributed by atoms with Crippen LogP contribution in [-0.4, -0.2) is 165 Å². The van der Waals surface area contributed by atoms with E-state index in [0.717, 1.165) is 28.1 Å². The van der Waals surface area contributed by atoms with Gasteiger partial charge in [0.05, 0.1) is 114 Å². The zero-order valence-electron chi connectivity index (χ0n) is 73.5. The third kappa shape index (κ3) is 15.3. The van der Waals surface area contributed by atoms with Gasteiger partial charge in [-0.1, -0.05) is 103 Å². The van der Waals surface area contributed by atoms with Gasteiger partial charge in [-0.15, -0.1) is 0 Å². The number of nitrogen functional groups attached to an aromatic ring is 3. The highest BCUT2D eigenvalue weighted by Crippen LogP contribution is 2.49. The second-order valence-corrected chi connectivity index (χ2v) is 35.4. The minimum atomic E-state index is -0.806. The lowest BCUT2D eigenvalue weighted by molar-refractivity contribution is -0.129. The van der Waals surface area contributed by atoms with E-state index in [1.807, 2.05) is 100 Å². The fraction of sp³-hybridized carbons (Fsp3) is 0.320. The number of piperazine rings is 3. The maximum atomic E-state index is 16.1. The number of anilines is 6. The Kier molecular flexibility index (Phi) is 24.1. The number of aryl methyl sites for hydroxylation is 3. The lowest BCUT2D eigenvalue weighted by atomic mass is 10.0. The molecule has 666 valence electrons. The standard InChI is InChI=1S/C33H34ClFN6O3.C32H32ClFN6O2.C32H32F2N6O3/c1-6-25(42)39-16-20-11-13-44-31-30(40(20)15-19(39)5)21-14-22(34)28(26-23(35)8-7-9-24(26)36)38-32(21)41(33(31)43)29-18(4)10-12-37-27(29)17(2)3;1-6-25(41)38-15-19-12-21-30(39(19)14-18(38)5)20-13-22(33)28(26-23(34)8-7-9-24(26)35)37-31(20)40(32(21)42)29-17(4)10-11-36-27(29)16(2)3;1-6-24(41)38-14-19-15-43-30-29(39(19)13-18(38)5)20-12-22(34)27(25-21(33)8-7-9-23(25)35)37-31(20)40(32(30)42)28-17(4)10-11-36-26(28)16(2)3/h6-10,12,14,17,19-20H,1,11,13,15-16,36H2,2-5H3;6-11,13,16,18-19H,1,12,14-15,35H2,2-5H3;6-12,16,18-19H,1,13-15,35H2,2-5H3. The summed E-state index contributed by atoms with van der Waals surface area (Å²) in [5, 5.41) is 1.93. The normalized spacial score (nSPS) is 18.0. The summed E-state index contributed by atoms with van der Waals surface area (Å²) in [5.41, 5.74) is 27.0. The van der Waals surface area contributed by atoms with Crippen LogP contribution >= 0.6 is 23.2 Å². The zero-order valence-corrected chi connectivity index (χ0v) is 75.0. The van der Waals surface area contributed by atoms with E-state index >= 15 is 17.6 Å². The third-order valence-corrected chi connectivity index (χ3v) is 25.8. The average molecular weight is 1790 g/mol. The first kappa shape index (κ1) is 88.9. The van der Waals surface area contributed by atoms with Gasteiger partial charge in [-0.05, 0) is 167 Å². The number of benzene rings is 3. The molecule has 15 heterocycles. The zero-order chi connectivity index (χ0) is 92.2. The molecule has 3 saturated heterocycles. The maximum Gasteiger partial charge on any atom is 0.301 e. The summed E-state index contributed by atoms with van der Waals surface area (Å²) in [7, 11) is 0. The fourth-order valence-corrected chi connectivity index (χ4v) is 19.5. The summed E-state index contributed by atoms with van der Waals surface area (Å²) in [6.07, 6.45) is 10.1. The van der Waals surface area contributed by atoms with E-state index in [2.05, 4.69) is 49.5 Å². The first-order chi connectivity index (χ1) is 61.6. The number of rotatable bonds is 12. The number of halogens is 6. The van der Waals surface area contributed by atoms with Gasteiger partial charge in [0.25, 0.3) is 5.56 Å². The molecule has 32 heteroatoms. The molecule has 6 unspecified atom stereocenters. The van der Waals surface area contributed by atoms with Crippen molar-refractivity contribution in [3.63, 3.8) is 0 Å². The van der Waals surface area contributed by atoms with Crippen LogP contribution < -0.4 is 58.1 Å². The van der Waals surface area contributed by atoms with Gasteiger partial charge in [0.15, 0.2) is 17.1 Å². The van der Waals surface area contributed by atoms with Gasteiger partial charge in [0.2, 0.25) is 29.2 Å². The summed E-state index contributed by atoms with van der Waals surface area (Å²) in [4.78, 5) is 122. The molecule has 6 aliphatic rings. The number of hydrogen-bond donors (Lipinski definition) is 3. The summed E-state index contributed by atoms with van der Waals surface area (Å²) in [6, 6.07) is 22.1. The molecule has 0 spiro atoms. The number of amides is 3. The predicted octanol–water partition coefficient (Wildman–Crippen LogP) is 15.8. The number of aromatic nitrogens is 9. The van der Waals surface area contributed by atoms with E-state index < -0.39 is 34.4 Å². The Balaban J connectivity index is 0.000000142. The molecular formula is C97H98Cl2F4N18O8. The molecule has 0 aliphatic carbocycles. The smallest absolute Gasteiger partial charge is 0.301 e. The monoisotopic (exact) mass is 1790 g/mol. The number of carbonyl (C=O) groups excluding carboxylic acids is 3. The van der Waals surface area contributed by atoms with Crippen LogP contribution in [0.2, 0.25) is 10.0 Å². The Hall–Kier alpha value is -13.5. The summed E-state index contributed by atoms with van der Waals surface area (Å²) in [5.74, 6) is -3.03. The third-order valence-electron chi connectivity index (χ3n) is 25.2. The number of hydrogen-bond acceptors (Lipinski definition) is 20. The number of ether oxygens (including phenoxy) is 2. The molecule has 0 saturated carbocycles. The molecule has 6 aliphatic heterocycles. The van der Waals surface area contributed by atoms with Gasteiger partial charge in [-0.2, -0.15) is 0 Å². The van der Waals surface area contributed by atoms with Crippen molar-refractivity contribution < 1.29 is 41.4 Å². The Bertz CT molecular complexity index is 6840. The molecule has 0 bridgehead atoms. The van der Waals surface area contributed by atoms with E-state index in [9.17, 15) is 28.8 Å². The highest BCUT2D eigenvalue weighted by Gasteiger charge is 2.46. The van der Waals surface area contributed by atoms with Gasteiger partial charge in [-0.3, -0.25) is 57.4 Å². The van der Waals surface area contributed by atoms with Crippen LogP contribution in [-0.2, 0) is 20.8 Å². The number of nitrogens with zero attached hydrogens (tertiary/aromatic N) is 15. The summed E-state index contributed by atoms with van der Waals surface area (Å²) >= 11 is 13.8. The van der Waals surface area contributed by atoms with Crippen LogP contribution in [0.1, 0.15) is 126 Å². The highest BCUT2D eigenvalue weighted by molar-refractivity contribution is 6.34. The van der Waals surface area contributed by atoms with Crippen LogP contribution in [0, 0.1) is 44.0 Å². The van der Waals surface area contributed by atoms with Crippen molar-refractivity contribution in [2.24, 2.45) is 0 Å². The molecule has 9 aromatic heterocycles. The molecule has 3 amide bonds. The maximum absolute atomic E-state index is 16.1. The van der Waals surface area contributed by atoms with Crippen molar-refractivity contribution >= 4 is 108 Å². The van der Waals surface area contributed by atoms with Crippen LogP contribution in [0.4, 0.5) is 51.7 Å². The van der Waals surface area contributed by atoms with Crippen molar-refractivity contribution in [2.45, 2.75) is 150 Å². The Morgan fingerprint density at radius 1 is 0.450 bits per heavy atom. The SMILES string of the molecule is C=CC(=O)N1CC2CCOc3c(c4cc(Cl)c(-c5c(N)cccc5F)nc4n(-c4c(C)ccnc4C(C)C)c3=O)N2CC1C.C=CC(=O)N1CC2COc3c(c4cc(F)c(-c5c(N)cccc5F)nc4n(-c4c(C)ccnc4C(C)C)c3=O)N2CC1C.C=CC(=O)N1CC2Cc3c(c4cc(Cl)c(-c5c(N)cccc5F)nc4n(-c4c(C)ccnc4C(C)C)c3=O)N2CC1C. The van der Waals surface area contributed by atoms with E-state index in [-0.39, 0.29) is 174 Å². The molecule has 129 heavy (non-hydrogen) atoms. The van der Waals surface area contributed by atoms with Gasteiger partial charge < -0.3 is 56.1 Å². The molecule has 6 N–H and O–H groups in total. The number of nitrogens with two attached hydrogens (primary N) is 3. The molecule has 6 atom stereocenters. The van der Waals surface area contributed by atoms with Crippen molar-refractivity contribution in [1.82, 2.24) is 58.3 Å². The molecule has 18 rings (SSSR count). The van der Waals surface area contributed by atoms with Crippen LogP contribution in [0.15, 0.2) is 162 Å². The Morgan fingerprint density at radius 3 is 1.20 bits per heavy atom. The predicted molar refractivity (Wildman–Crippen MR) is 498 cm³/mol. The highest BCUT2D eigenvalue weighted by atomic mass is 35.5. The lowest BCUT2D eigenvalue weighted by Crippen LogP contribution is -2.62. The van der Waals surface area contributed by atoms with Crippen molar-refractivity contribution in [3.8, 4) is 62.3 Å². The van der Waals surface area contributed by atoms with E-state index in [1.165, 1.54) is 75.9 Å². The second kappa shape index (κ2) is 34.9. The van der Waals surface area contributed by atoms with Gasteiger partial charge >= 0.3 is 11.1 Å². The largest absolute Gasteiger partial charge is 0.486 e. The van der Waals surface area contributed by atoms with Crippen molar-refractivity contribution in [2.75, 3.05) is 84.4 Å². The minimum absolute atomic E-state index is 0.00902. The van der Waals surface area contributed by atoms with Gasteiger partial charge in [0, 0.05) is 128 Å². The minimum Gasteiger partial charge on any atom is -0.486 e.